The van der Waals surface area contributed by atoms with Crippen molar-refractivity contribution in [3.8, 4) is 0 Å². The highest BCUT2D eigenvalue weighted by Gasteiger charge is 1.82. The highest BCUT2D eigenvalue weighted by molar-refractivity contribution is 6.31. The Hall–Kier alpha value is -0.820. The second-order valence-corrected chi connectivity index (χ2v) is 2.14. The summed E-state index contributed by atoms with van der Waals surface area (Å²) >= 11 is 5.58. The van der Waals surface area contributed by atoms with Crippen LogP contribution in [0.5, 0.6) is 0 Å². The van der Waals surface area contributed by atoms with Crippen LogP contribution in [0.25, 0.3) is 0 Å². The molecule has 0 aromatic heterocycles. The maximum atomic E-state index is 9.99. The Kier molecular flexibility index (Phi) is 4.59. The summed E-state index contributed by atoms with van der Waals surface area (Å²) in [5, 5.41) is 0.600. The molecule has 1 nitrogen and oxygen atoms in total. The molecule has 0 atom stereocenters. The molecule has 10 heavy (non-hydrogen) atoms. The van der Waals surface area contributed by atoms with Gasteiger partial charge in [-0.25, -0.2) is 0 Å². The van der Waals surface area contributed by atoms with Crippen LogP contribution in [0.3, 0.4) is 0 Å². The Morgan fingerprint density at radius 1 is 1.50 bits per heavy atom. The predicted molar refractivity (Wildman–Crippen MR) is 44.0 cm³/mol. The van der Waals surface area contributed by atoms with Gasteiger partial charge in [0.2, 0.25) is 0 Å². The summed E-state index contributed by atoms with van der Waals surface area (Å²) in [5.74, 6) is 0. The topological polar surface area (TPSA) is 17.1 Å². The second-order valence-electron chi connectivity index (χ2n) is 1.70. The van der Waals surface area contributed by atoms with Gasteiger partial charge >= 0.3 is 0 Å². The Morgan fingerprint density at radius 3 is 2.50 bits per heavy atom. The maximum Gasteiger partial charge on any atom is 0.149 e. The normalized spacial score (nSPS) is 12.0. The van der Waals surface area contributed by atoms with Crippen molar-refractivity contribution < 1.29 is 4.79 Å². The fraction of sp³-hybridized carbons (Fsp3) is 0.125. The van der Waals surface area contributed by atoms with Crippen LogP contribution in [0, 0.1) is 0 Å². The molecular weight excluding hydrogens is 148 g/mol. The van der Waals surface area contributed by atoms with Gasteiger partial charge in [0.05, 0.1) is 0 Å². The monoisotopic (exact) mass is 156 g/mol. The lowest BCUT2D eigenvalue weighted by Crippen LogP contribution is -1.73. The third-order valence-electron chi connectivity index (χ3n) is 0.884. The second kappa shape index (κ2) is 5.00. The van der Waals surface area contributed by atoms with Gasteiger partial charge in [-0.15, -0.1) is 0 Å². The van der Waals surface area contributed by atoms with E-state index in [9.17, 15) is 4.79 Å². The molecule has 0 aromatic rings. The largest absolute Gasteiger partial charge is 0.298 e. The number of aldehydes is 1. The zero-order valence-electron chi connectivity index (χ0n) is 5.80. The summed E-state index contributed by atoms with van der Waals surface area (Å²) in [7, 11) is 0. The quantitative estimate of drug-likeness (QED) is 0.349. The van der Waals surface area contributed by atoms with E-state index in [1.807, 2.05) is 6.92 Å². The first-order chi connectivity index (χ1) is 4.70. The van der Waals surface area contributed by atoms with Gasteiger partial charge in [0.15, 0.2) is 0 Å². The van der Waals surface area contributed by atoms with Crippen molar-refractivity contribution in [2.75, 3.05) is 0 Å². The standard InChI is InChI=1S/C8H9ClO/c1-3-8(9)5-4-7(2)6-10/h3-6H,2H2,1H3/b5-4-,8-3+. The molecule has 54 valence electrons. The number of allylic oxidation sites excluding steroid dienone is 5. The summed E-state index contributed by atoms with van der Waals surface area (Å²) in [5.41, 5.74) is 0.417. The molecule has 0 fully saturated rings. The maximum absolute atomic E-state index is 9.99. The zero-order valence-corrected chi connectivity index (χ0v) is 6.56. The van der Waals surface area contributed by atoms with E-state index in [-0.39, 0.29) is 0 Å². The molecule has 0 aliphatic rings. The first kappa shape index (κ1) is 9.18. The molecule has 0 N–H and O–H groups in total. The van der Waals surface area contributed by atoms with Crippen LogP contribution in [0.4, 0.5) is 0 Å². The van der Waals surface area contributed by atoms with E-state index >= 15 is 0 Å². The summed E-state index contributed by atoms with van der Waals surface area (Å²) in [6.45, 7) is 5.25. The molecular formula is C8H9ClO. The smallest absolute Gasteiger partial charge is 0.149 e. The SMILES string of the molecule is C=C(C=O)/C=C\C(Cl)=C/C. The number of hydrogen-bond acceptors (Lipinski definition) is 1. The zero-order chi connectivity index (χ0) is 7.98. The third-order valence-corrected chi connectivity index (χ3v) is 1.23. The van der Waals surface area contributed by atoms with E-state index in [0.717, 1.165) is 0 Å². The lowest BCUT2D eigenvalue weighted by molar-refractivity contribution is -0.104. The molecule has 0 rings (SSSR count). The van der Waals surface area contributed by atoms with Crippen molar-refractivity contribution in [1.29, 1.82) is 0 Å². The van der Waals surface area contributed by atoms with Gasteiger partial charge in [-0.2, -0.15) is 0 Å². The van der Waals surface area contributed by atoms with Gasteiger partial charge in [0.25, 0.3) is 0 Å². The number of halogens is 1. The molecule has 0 spiro atoms. The molecule has 0 aromatic carbocycles. The van der Waals surface area contributed by atoms with Crippen LogP contribution in [0.1, 0.15) is 6.92 Å². The Labute approximate surface area is 65.7 Å². The fourth-order valence-electron chi connectivity index (χ4n) is 0.322. The van der Waals surface area contributed by atoms with Gasteiger partial charge in [-0.3, -0.25) is 4.79 Å². The van der Waals surface area contributed by atoms with Crippen LogP contribution < -0.4 is 0 Å². The number of rotatable bonds is 3. The van der Waals surface area contributed by atoms with Gasteiger partial charge < -0.3 is 0 Å². The van der Waals surface area contributed by atoms with Gasteiger partial charge in [-0.1, -0.05) is 30.3 Å². The molecule has 0 saturated heterocycles. The van der Waals surface area contributed by atoms with Crippen LogP contribution >= 0.6 is 11.6 Å². The van der Waals surface area contributed by atoms with Crippen molar-refractivity contribution in [2.24, 2.45) is 0 Å². The third kappa shape index (κ3) is 4.10. The molecule has 0 aliphatic heterocycles. The first-order valence-corrected chi connectivity index (χ1v) is 3.22. The van der Waals surface area contributed by atoms with Crippen molar-refractivity contribution in [1.82, 2.24) is 0 Å². The highest BCUT2D eigenvalue weighted by atomic mass is 35.5. The average molecular weight is 157 g/mol. The molecule has 0 unspecified atom stereocenters. The minimum Gasteiger partial charge on any atom is -0.298 e. The van der Waals surface area contributed by atoms with Crippen LogP contribution in [0.2, 0.25) is 0 Å². The molecule has 0 amide bonds. The molecule has 0 radical (unpaired) electrons. The van der Waals surface area contributed by atoms with Crippen molar-refractivity contribution in [2.45, 2.75) is 6.92 Å². The number of hydrogen-bond donors (Lipinski definition) is 0. The predicted octanol–water partition coefficient (Wildman–Crippen LogP) is 2.44. The Bertz CT molecular complexity index is 185. The molecule has 0 bridgehead atoms. The van der Waals surface area contributed by atoms with Crippen molar-refractivity contribution >= 4 is 17.9 Å². The minimum absolute atomic E-state index is 0.417. The first-order valence-electron chi connectivity index (χ1n) is 2.84. The number of carbonyl (C=O) groups excluding carboxylic acids is 1. The molecule has 0 aliphatic carbocycles. The van der Waals surface area contributed by atoms with Crippen LogP contribution in [-0.2, 0) is 4.79 Å². The lowest BCUT2D eigenvalue weighted by Gasteiger charge is -1.84. The summed E-state index contributed by atoms with van der Waals surface area (Å²) < 4.78 is 0. The van der Waals surface area contributed by atoms with E-state index in [1.165, 1.54) is 0 Å². The van der Waals surface area contributed by atoms with E-state index in [2.05, 4.69) is 6.58 Å². The van der Waals surface area contributed by atoms with Gasteiger partial charge in [0.1, 0.15) is 6.29 Å². The Balaban J connectivity index is 4.00. The van der Waals surface area contributed by atoms with E-state index in [1.54, 1.807) is 18.2 Å². The van der Waals surface area contributed by atoms with E-state index < -0.39 is 0 Å². The summed E-state index contributed by atoms with van der Waals surface area (Å²) in [4.78, 5) is 9.99. The van der Waals surface area contributed by atoms with Crippen LogP contribution in [0.15, 0.2) is 35.4 Å². The fourth-order valence-corrected chi connectivity index (χ4v) is 0.385. The van der Waals surface area contributed by atoms with E-state index in [4.69, 9.17) is 11.6 Å². The summed E-state index contributed by atoms with van der Waals surface area (Å²) in [6, 6.07) is 0. The molecule has 2 heteroatoms. The van der Waals surface area contributed by atoms with E-state index in [0.29, 0.717) is 16.9 Å². The van der Waals surface area contributed by atoms with Crippen molar-refractivity contribution in [3.63, 3.8) is 0 Å². The molecule has 0 saturated carbocycles. The van der Waals surface area contributed by atoms with Crippen molar-refractivity contribution in [3.05, 3.63) is 35.4 Å². The number of carbonyl (C=O) groups is 1. The summed E-state index contributed by atoms with van der Waals surface area (Å²) in [6.07, 6.45) is 5.60. The highest BCUT2D eigenvalue weighted by Crippen LogP contribution is 2.03. The van der Waals surface area contributed by atoms with Gasteiger partial charge in [0, 0.05) is 10.6 Å². The Morgan fingerprint density at radius 2 is 2.10 bits per heavy atom. The minimum atomic E-state index is 0.417. The van der Waals surface area contributed by atoms with Gasteiger partial charge in [-0.05, 0) is 13.0 Å². The van der Waals surface area contributed by atoms with Crippen LogP contribution in [-0.4, -0.2) is 6.29 Å². The average Bonchev–Trinajstić information content (AvgIpc) is 1.99. The lowest BCUT2D eigenvalue weighted by atomic mass is 10.3. The molecule has 0 heterocycles.